The van der Waals surface area contributed by atoms with E-state index in [1.807, 2.05) is 37.3 Å². The van der Waals surface area contributed by atoms with Crippen molar-refractivity contribution in [2.75, 3.05) is 19.5 Å². The summed E-state index contributed by atoms with van der Waals surface area (Å²) in [6.07, 6.45) is 2.98. The lowest BCUT2D eigenvalue weighted by atomic mass is 10.1. The summed E-state index contributed by atoms with van der Waals surface area (Å²) in [4.78, 5) is 20.7. The molecular formula is C21H22N4O3. The molecule has 0 atom stereocenters. The molecule has 1 amide bonds. The first kappa shape index (κ1) is 19.2. The lowest BCUT2D eigenvalue weighted by molar-refractivity contribution is 0.0950. The van der Waals surface area contributed by atoms with Gasteiger partial charge in [0.1, 0.15) is 0 Å². The molecule has 0 radical (unpaired) electrons. The van der Waals surface area contributed by atoms with Crippen LogP contribution in [0, 0.1) is 6.92 Å². The van der Waals surface area contributed by atoms with Gasteiger partial charge in [-0.25, -0.2) is 9.97 Å². The van der Waals surface area contributed by atoms with E-state index in [4.69, 9.17) is 9.47 Å². The Morgan fingerprint density at radius 1 is 1.00 bits per heavy atom. The first-order valence-electron chi connectivity index (χ1n) is 8.74. The maximum atomic E-state index is 12.3. The number of nitrogens with one attached hydrogen (secondary N) is 2. The average molecular weight is 378 g/mol. The van der Waals surface area contributed by atoms with Crippen molar-refractivity contribution in [3.63, 3.8) is 0 Å². The van der Waals surface area contributed by atoms with Gasteiger partial charge in [0, 0.05) is 30.7 Å². The molecule has 0 aliphatic rings. The number of rotatable bonds is 7. The van der Waals surface area contributed by atoms with Gasteiger partial charge in [0.2, 0.25) is 5.95 Å². The second-order valence-electron chi connectivity index (χ2n) is 6.16. The molecule has 2 aromatic carbocycles. The maximum Gasteiger partial charge on any atom is 0.254 e. The number of methoxy groups -OCH3 is 2. The summed E-state index contributed by atoms with van der Waals surface area (Å²) in [5, 5.41) is 5.94. The summed E-state index contributed by atoms with van der Waals surface area (Å²) in [6.45, 7) is 2.47. The number of anilines is 2. The smallest absolute Gasteiger partial charge is 0.254 e. The summed E-state index contributed by atoms with van der Waals surface area (Å²) in [5.74, 6) is 1.39. The Kier molecular flexibility index (Phi) is 6.06. The van der Waals surface area contributed by atoms with E-state index in [1.165, 1.54) is 12.4 Å². The third-order valence-corrected chi connectivity index (χ3v) is 4.09. The zero-order valence-corrected chi connectivity index (χ0v) is 16.0. The number of hydrogen-bond acceptors (Lipinski definition) is 6. The van der Waals surface area contributed by atoms with Crippen molar-refractivity contribution in [1.29, 1.82) is 0 Å². The fourth-order valence-electron chi connectivity index (χ4n) is 2.66. The third kappa shape index (κ3) is 4.76. The molecule has 0 spiro atoms. The molecule has 3 rings (SSSR count). The van der Waals surface area contributed by atoms with Crippen molar-refractivity contribution in [1.82, 2.24) is 15.3 Å². The highest BCUT2D eigenvalue weighted by molar-refractivity contribution is 5.93. The van der Waals surface area contributed by atoms with E-state index in [2.05, 4.69) is 20.6 Å². The fourth-order valence-corrected chi connectivity index (χ4v) is 2.66. The van der Waals surface area contributed by atoms with E-state index in [-0.39, 0.29) is 5.91 Å². The Balaban J connectivity index is 1.62. The molecule has 2 N–H and O–H groups in total. The molecule has 0 saturated heterocycles. The van der Waals surface area contributed by atoms with Crippen molar-refractivity contribution in [3.8, 4) is 11.5 Å². The Morgan fingerprint density at radius 3 is 2.43 bits per heavy atom. The molecule has 0 fully saturated rings. The Labute approximate surface area is 163 Å². The van der Waals surface area contributed by atoms with Crippen molar-refractivity contribution >= 4 is 17.5 Å². The topological polar surface area (TPSA) is 85.4 Å². The SMILES string of the molecule is COc1ccc(Nc2ncc(C(=O)NCc3cccc(C)c3)cn2)cc1OC. The van der Waals surface area contributed by atoms with Crippen LogP contribution in [0.2, 0.25) is 0 Å². The molecule has 1 aromatic heterocycles. The standard InChI is InChI=1S/C21H22N4O3/c1-14-5-4-6-15(9-14)11-22-20(26)16-12-23-21(24-13-16)25-17-7-8-18(27-2)19(10-17)28-3/h4-10,12-13H,11H2,1-3H3,(H,22,26)(H,23,24,25). The van der Waals surface area contributed by atoms with Crippen LogP contribution in [0.5, 0.6) is 11.5 Å². The number of ether oxygens (including phenoxy) is 2. The van der Waals surface area contributed by atoms with Crippen LogP contribution in [0.25, 0.3) is 0 Å². The molecule has 144 valence electrons. The predicted octanol–water partition coefficient (Wildman–Crippen LogP) is 3.48. The first-order chi connectivity index (χ1) is 13.6. The summed E-state index contributed by atoms with van der Waals surface area (Å²) in [6, 6.07) is 13.4. The molecule has 1 heterocycles. The number of hydrogen-bond donors (Lipinski definition) is 2. The van der Waals surface area contributed by atoms with Gasteiger partial charge in [-0.1, -0.05) is 29.8 Å². The quantitative estimate of drug-likeness (QED) is 0.655. The van der Waals surface area contributed by atoms with Crippen LogP contribution < -0.4 is 20.1 Å². The molecule has 3 aromatic rings. The van der Waals surface area contributed by atoms with Gasteiger partial charge in [-0.05, 0) is 24.6 Å². The lowest BCUT2D eigenvalue weighted by Crippen LogP contribution is -2.23. The summed E-state index contributed by atoms with van der Waals surface area (Å²) in [5.41, 5.74) is 3.33. The van der Waals surface area contributed by atoms with Crippen molar-refractivity contribution in [2.45, 2.75) is 13.5 Å². The molecule has 0 unspecified atom stereocenters. The van der Waals surface area contributed by atoms with E-state index in [9.17, 15) is 4.79 Å². The number of benzene rings is 2. The van der Waals surface area contributed by atoms with Gasteiger partial charge >= 0.3 is 0 Å². The van der Waals surface area contributed by atoms with Gasteiger partial charge in [0.05, 0.1) is 19.8 Å². The highest BCUT2D eigenvalue weighted by Crippen LogP contribution is 2.30. The Bertz CT molecular complexity index is 958. The van der Waals surface area contributed by atoms with Gasteiger partial charge in [-0.15, -0.1) is 0 Å². The summed E-state index contributed by atoms with van der Waals surface area (Å²) < 4.78 is 10.5. The van der Waals surface area contributed by atoms with Crippen LogP contribution in [-0.2, 0) is 6.54 Å². The van der Waals surface area contributed by atoms with Gasteiger partial charge in [-0.3, -0.25) is 4.79 Å². The van der Waals surface area contributed by atoms with Gasteiger partial charge in [0.25, 0.3) is 5.91 Å². The first-order valence-corrected chi connectivity index (χ1v) is 8.74. The number of nitrogens with zero attached hydrogens (tertiary/aromatic N) is 2. The number of amides is 1. The molecule has 0 saturated carbocycles. The molecule has 28 heavy (non-hydrogen) atoms. The second-order valence-corrected chi connectivity index (χ2v) is 6.16. The summed E-state index contributed by atoms with van der Waals surface area (Å²) in [7, 11) is 3.15. The lowest BCUT2D eigenvalue weighted by Gasteiger charge is -2.10. The van der Waals surface area contributed by atoms with Crippen LogP contribution in [0.15, 0.2) is 54.9 Å². The summed E-state index contributed by atoms with van der Waals surface area (Å²) >= 11 is 0. The van der Waals surface area contributed by atoms with E-state index in [0.29, 0.717) is 29.6 Å². The minimum atomic E-state index is -0.223. The van der Waals surface area contributed by atoms with E-state index in [0.717, 1.165) is 16.8 Å². The Morgan fingerprint density at radius 2 is 1.75 bits per heavy atom. The number of carbonyl (C=O) groups is 1. The van der Waals surface area contributed by atoms with Crippen LogP contribution in [0.3, 0.4) is 0 Å². The molecule has 0 bridgehead atoms. The zero-order chi connectivity index (χ0) is 19.9. The molecular weight excluding hydrogens is 356 g/mol. The van der Waals surface area contributed by atoms with E-state index in [1.54, 1.807) is 26.4 Å². The van der Waals surface area contributed by atoms with Gasteiger partial charge in [-0.2, -0.15) is 0 Å². The molecule has 0 aliphatic heterocycles. The zero-order valence-electron chi connectivity index (χ0n) is 16.0. The second kappa shape index (κ2) is 8.85. The maximum absolute atomic E-state index is 12.3. The van der Waals surface area contributed by atoms with Crippen LogP contribution in [0.1, 0.15) is 21.5 Å². The van der Waals surface area contributed by atoms with Crippen molar-refractivity contribution < 1.29 is 14.3 Å². The molecule has 7 nitrogen and oxygen atoms in total. The van der Waals surface area contributed by atoms with Crippen LogP contribution >= 0.6 is 0 Å². The predicted molar refractivity (Wildman–Crippen MR) is 107 cm³/mol. The average Bonchev–Trinajstić information content (AvgIpc) is 2.72. The van der Waals surface area contributed by atoms with E-state index < -0.39 is 0 Å². The Hall–Kier alpha value is -3.61. The highest BCUT2D eigenvalue weighted by atomic mass is 16.5. The van der Waals surface area contributed by atoms with Crippen molar-refractivity contribution in [3.05, 3.63) is 71.5 Å². The van der Waals surface area contributed by atoms with Crippen LogP contribution in [-0.4, -0.2) is 30.1 Å². The normalized spacial score (nSPS) is 10.2. The minimum absolute atomic E-state index is 0.223. The number of aryl methyl sites for hydroxylation is 1. The monoisotopic (exact) mass is 378 g/mol. The van der Waals surface area contributed by atoms with Gasteiger partial charge < -0.3 is 20.1 Å². The molecule has 7 heteroatoms. The fraction of sp³-hybridized carbons (Fsp3) is 0.190. The van der Waals surface area contributed by atoms with Crippen LogP contribution in [0.4, 0.5) is 11.6 Å². The third-order valence-electron chi connectivity index (χ3n) is 4.09. The van der Waals surface area contributed by atoms with Gasteiger partial charge in [0.15, 0.2) is 11.5 Å². The van der Waals surface area contributed by atoms with E-state index >= 15 is 0 Å². The highest BCUT2D eigenvalue weighted by Gasteiger charge is 2.09. The minimum Gasteiger partial charge on any atom is -0.493 e. The largest absolute Gasteiger partial charge is 0.493 e. The number of carbonyl (C=O) groups excluding carboxylic acids is 1. The number of aromatic nitrogens is 2. The molecule has 0 aliphatic carbocycles. The van der Waals surface area contributed by atoms with Crippen molar-refractivity contribution in [2.24, 2.45) is 0 Å².